The molecule has 2 aromatic rings. The van der Waals surface area contributed by atoms with E-state index < -0.39 is 0 Å². The molecule has 0 bridgehead atoms. The van der Waals surface area contributed by atoms with E-state index in [0.29, 0.717) is 43.6 Å². The number of halogens is 1. The predicted molar refractivity (Wildman–Crippen MR) is 97.5 cm³/mol. The molecule has 0 atom stereocenters. The maximum absolute atomic E-state index is 13.9. The third-order valence-corrected chi connectivity index (χ3v) is 4.20. The summed E-state index contributed by atoms with van der Waals surface area (Å²) in [6.07, 6.45) is 1.68. The minimum atomic E-state index is -0.225. The SMILES string of the molecule is CC(C)Nc1ccc(C(=O)N2CCN(c3ccccc3F)CC2)nc1. The summed E-state index contributed by atoms with van der Waals surface area (Å²) in [5.74, 6) is -0.304. The topological polar surface area (TPSA) is 48.5 Å². The van der Waals surface area contributed by atoms with E-state index in [0.717, 1.165) is 5.69 Å². The van der Waals surface area contributed by atoms with Crippen molar-refractivity contribution < 1.29 is 9.18 Å². The lowest BCUT2D eigenvalue weighted by Crippen LogP contribution is -2.49. The van der Waals surface area contributed by atoms with Crippen molar-refractivity contribution in [3.8, 4) is 0 Å². The number of hydrogen-bond donors (Lipinski definition) is 1. The predicted octanol–water partition coefficient (Wildman–Crippen LogP) is 3.00. The number of pyridine rings is 1. The van der Waals surface area contributed by atoms with Crippen molar-refractivity contribution in [2.45, 2.75) is 19.9 Å². The second-order valence-corrected chi connectivity index (χ2v) is 6.46. The average molecular weight is 342 g/mol. The smallest absolute Gasteiger partial charge is 0.272 e. The number of hydrogen-bond acceptors (Lipinski definition) is 4. The van der Waals surface area contributed by atoms with Crippen LogP contribution in [0.4, 0.5) is 15.8 Å². The molecule has 0 unspecified atom stereocenters. The van der Waals surface area contributed by atoms with Gasteiger partial charge >= 0.3 is 0 Å². The zero-order valence-corrected chi connectivity index (χ0v) is 14.6. The first-order valence-corrected chi connectivity index (χ1v) is 8.56. The Morgan fingerprint density at radius 3 is 2.44 bits per heavy atom. The zero-order valence-electron chi connectivity index (χ0n) is 14.6. The van der Waals surface area contributed by atoms with Crippen molar-refractivity contribution >= 4 is 17.3 Å². The fourth-order valence-electron chi connectivity index (χ4n) is 2.96. The zero-order chi connectivity index (χ0) is 17.8. The van der Waals surface area contributed by atoms with Gasteiger partial charge in [-0.2, -0.15) is 0 Å². The molecule has 1 fully saturated rings. The first kappa shape index (κ1) is 17.2. The van der Waals surface area contributed by atoms with Crippen molar-refractivity contribution in [1.82, 2.24) is 9.88 Å². The summed E-state index contributed by atoms with van der Waals surface area (Å²) in [6, 6.07) is 10.7. The van der Waals surface area contributed by atoms with Gasteiger partial charge in [-0.25, -0.2) is 9.37 Å². The number of carbonyl (C=O) groups excluding carboxylic acids is 1. The minimum Gasteiger partial charge on any atom is -0.382 e. The molecule has 1 aliphatic rings. The number of aromatic nitrogens is 1. The summed E-state index contributed by atoms with van der Waals surface area (Å²) in [6.45, 7) is 6.43. The molecule has 1 amide bonds. The molecule has 0 spiro atoms. The van der Waals surface area contributed by atoms with Crippen LogP contribution in [-0.4, -0.2) is 48.0 Å². The number of nitrogens with one attached hydrogen (secondary N) is 1. The molecule has 1 saturated heterocycles. The van der Waals surface area contributed by atoms with Crippen LogP contribution in [0.25, 0.3) is 0 Å². The number of rotatable bonds is 4. The fraction of sp³-hybridized carbons (Fsp3) is 0.368. The van der Waals surface area contributed by atoms with E-state index in [-0.39, 0.29) is 11.7 Å². The fourth-order valence-corrected chi connectivity index (χ4v) is 2.96. The molecule has 0 saturated carbocycles. The van der Waals surface area contributed by atoms with Crippen LogP contribution in [-0.2, 0) is 0 Å². The largest absolute Gasteiger partial charge is 0.382 e. The number of carbonyl (C=O) groups is 1. The molecule has 0 radical (unpaired) electrons. The molecular formula is C19H23FN4O. The van der Waals surface area contributed by atoms with E-state index in [1.807, 2.05) is 30.9 Å². The number of para-hydroxylation sites is 1. The number of nitrogens with zero attached hydrogens (tertiary/aromatic N) is 3. The molecule has 1 aromatic carbocycles. The molecule has 25 heavy (non-hydrogen) atoms. The van der Waals surface area contributed by atoms with Crippen LogP contribution in [0.15, 0.2) is 42.6 Å². The Balaban J connectivity index is 1.61. The van der Waals surface area contributed by atoms with Gasteiger partial charge in [-0.1, -0.05) is 12.1 Å². The van der Waals surface area contributed by atoms with E-state index in [2.05, 4.69) is 10.3 Å². The quantitative estimate of drug-likeness (QED) is 0.928. The van der Waals surface area contributed by atoms with Gasteiger partial charge in [0, 0.05) is 32.2 Å². The Hall–Kier alpha value is -2.63. The molecule has 132 valence electrons. The maximum Gasteiger partial charge on any atom is 0.272 e. The van der Waals surface area contributed by atoms with Gasteiger partial charge in [0.05, 0.1) is 17.6 Å². The van der Waals surface area contributed by atoms with Gasteiger partial charge < -0.3 is 15.1 Å². The lowest BCUT2D eigenvalue weighted by molar-refractivity contribution is 0.0741. The highest BCUT2D eigenvalue weighted by Crippen LogP contribution is 2.20. The van der Waals surface area contributed by atoms with Gasteiger partial charge in [0.2, 0.25) is 0 Å². The van der Waals surface area contributed by atoms with E-state index in [4.69, 9.17) is 0 Å². The van der Waals surface area contributed by atoms with Gasteiger partial charge in [0.15, 0.2) is 0 Å². The lowest BCUT2D eigenvalue weighted by atomic mass is 10.2. The standard InChI is InChI=1S/C19H23FN4O/c1-14(2)22-15-7-8-17(21-13-15)19(25)24-11-9-23(10-12-24)18-6-4-3-5-16(18)20/h3-8,13-14,22H,9-12H2,1-2H3. The molecule has 6 heteroatoms. The first-order chi connectivity index (χ1) is 12.0. The van der Waals surface area contributed by atoms with Crippen LogP contribution in [0, 0.1) is 5.82 Å². The van der Waals surface area contributed by atoms with Crippen LogP contribution >= 0.6 is 0 Å². The Morgan fingerprint density at radius 1 is 1.12 bits per heavy atom. The van der Waals surface area contributed by atoms with E-state index in [9.17, 15) is 9.18 Å². The molecule has 3 rings (SSSR count). The first-order valence-electron chi connectivity index (χ1n) is 8.56. The Labute approximate surface area is 147 Å². The Bertz CT molecular complexity index is 724. The molecule has 1 N–H and O–H groups in total. The summed E-state index contributed by atoms with van der Waals surface area (Å²) < 4.78 is 13.9. The van der Waals surface area contributed by atoms with Crippen molar-refractivity contribution in [1.29, 1.82) is 0 Å². The van der Waals surface area contributed by atoms with E-state index in [1.165, 1.54) is 6.07 Å². The van der Waals surface area contributed by atoms with Crippen molar-refractivity contribution in [3.63, 3.8) is 0 Å². The van der Waals surface area contributed by atoms with Gasteiger partial charge in [-0.15, -0.1) is 0 Å². The number of amides is 1. The van der Waals surface area contributed by atoms with Gasteiger partial charge in [-0.05, 0) is 38.1 Å². The lowest BCUT2D eigenvalue weighted by Gasteiger charge is -2.36. The van der Waals surface area contributed by atoms with Crippen LogP contribution in [0.1, 0.15) is 24.3 Å². The Kier molecular flexibility index (Phi) is 5.16. The number of piperazine rings is 1. The van der Waals surface area contributed by atoms with Gasteiger partial charge in [0.25, 0.3) is 5.91 Å². The van der Waals surface area contributed by atoms with Gasteiger partial charge in [-0.3, -0.25) is 4.79 Å². The van der Waals surface area contributed by atoms with Crippen LogP contribution in [0.3, 0.4) is 0 Å². The summed E-state index contributed by atoms with van der Waals surface area (Å²) in [5.41, 5.74) is 1.93. The molecule has 2 heterocycles. The average Bonchev–Trinajstić information content (AvgIpc) is 2.62. The van der Waals surface area contributed by atoms with Crippen molar-refractivity contribution in [2.24, 2.45) is 0 Å². The third kappa shape index (κ3) is 4.07. The second kappa shape index (κ2) is 7.51. The summed E-state index contributed by atoms with van der Waals surface area (Å²) >= 11 is 0. The van der Waals surface area contributed by atoms with E-state index >= 15 is 0 Å². The van der Waals surface area contributed by atoms with Crippen LogP contribution in [0.2, 0.25) is 0 Å². The third-order valence-electron chi connectivity index (χ3n) is 4.20. The second-order valence-electron chi connectivity index (χ2n) is 6.46. The molecule has 5 nitrogen and oxygen atoms in total. The van der Waals surface area contributed by atoms with E-state index in [1.54, 1.807) is 29.3 Å². The number of benzene rings is 1. The Morgan fingerprint density at radius 2 is 1.84 bits per heavy atom. The molecule has 1 aromatic heterocycles. The molecule has 0 aliphatic carbocycles. The normalized spacial score (nSPS) is 14.7. The highest BCUT2D eigenvalue weighted by molar-refractivity contribution is 5.92. The summed E-state index contributed by atoms with van der Waals surface area (Å²) in [5, 5.41) is 3.25. The summed E-state index contributed by atoms with van der Waals surface area (Å²) in [7, 11) is 0. The summed E-state index contributed by atoms with van der Waals surface area (Å²) in [4.78, 5) is 20.6. The number of anilines is 2. The van der Waals surface area contributed by atoms with Crippen molar-refractivity contribution in [2.75, 3.05) is 36.4 Å². The van der Waals surface area contributed by atoms with Crippen LogP contribution in [0.5, 0.6) is 0 Å². The highest BCUT2D eigenvalue weighted by atomic mass is 19.1. The maximum atomic E-state index is 13.9. The van der Waals surface area contributed by atoms with Crippen LogP contribution < -0.4 is 10.2 Å². The monoisotopic (exact) mass is 342 g/mol. The van der Waals surface area contributed by atoms with Gasteiger partial charge in [0.1, 0.15) is 11.5 Å². The minimum absolute atomic E-state index is 0.0794. The molecule has 1 aliphatic heterocycles. The van der Waals surface area contributed by atoms with Crippen molar-refractivity contribution in [3.05, 3.63) is 54.1 Å². The molecular weight excluding hydrogens is 319 g/mol. The highest BCUT2D eigenvalue weighted by Gasteiger charge is 2.24.